The van der Waals surface area contributed by atoms with Crippen molar-refractivity contribution in [3.8, 4) is 0 Å². The van der Waals surface area contributed by atoms with Crippen LogP contribution in [0.1, 0.15) is 13.0 Å². The Morgan fingerprint density at radius 3 is 2.10 bits per heavy atom. The number of benzene rings is 1. The number of aryl methyl sites for hydroxylation is 1. The molecule has 0 nitrogen and oxygen atoms in total. The van der Waals surface area contributed by atoms with Gasteiger partial charge < -0.3 is 0 Å². The van der Waals surface area contributed by atoms with Gasteiger partial charge in [0.1, 0.15) is 0 Å². The van der Waals surface area contributed by atoms with E-state index in [1.54, 1.807) is 0 Å². The van der Waals surface area contributed by atoms with Gasteiger partial charge in [-0.1, -0.05) is 25.1 Å². The zero-order valence-corrected chi connectivity index (χ0v) is 6.67. The normalized spacial score (nSPS) is 8.60. The van der Waals surface area contributed by atoms with Gasteiger partial charge in [0.15, 0.2) is 0 Å². The number of hydrogen-bond donors (Lipinski definition) is 0. The van der Waals surface area contributed by atoms with Gasteiger partial charge in [-0.3, -0.25) is 0 Å². The van der Waals surface area contributed by atoms with E-state index in [1.165, 1.54) is 16.5 Å². The molecule has 2 heteroatoms. The van der Waals surface area contributed by atoms with Gasteiger partial charge in [-0.05, 0) is 40.7 Å². The zero-order valence-electron chi connectivity index (χ0n) is 5.10. The van der Waals surface area contributed by atoms with Crippen LogP contribution in [-0.4, -0.2) is 0 Å². The monoisotopic (exact) mass is 174 g/mol. The summed E-state index contributed by atoms with van der Waals surface area (Å²) in [5.74, 6) is 0. The molecule has 0 aliphatic rings. The summed E-state index contributed by atoms with van der Waals surface area (Å²) < 4.78 is 0. The predicted molar refractivity (Wildman–Crippen MR) is 49.6 cm³/mol. The van der Waals surface area contributed by atoms with Crippen LogP contribution in [0.2, 0.25) is 0 Å². The van der Waals surface area contributed by atoms with Crippen molar-refractivity contribution in [2.24, 2.45) is 0 Å². The third-order valence-electron chi connectivity index (χ3n) is 1.11. The Balaban J connectivity index is 0.000000810. The molecule has 0 amide bonds. The average Bonchev–Trinajstić information content (AvgIpc) is 1.90. The van der Waals surface area contributed by atoms with Gasteiger partial charge >= 0.3 is 0 Å². The first-order valence-electron chi connectivity index (χ1n) is 2.68. The molecular formula is C8H11ClS. The Labute approximate surface area is 71.1 Å². The molecule has 0 aliphatic heterocycles. The van der Waals surface area contributed by atoms with Crippen molar-refractivity contribution in [2.45, 2.75) is 19.2 Å². The van der Waals surface area contributed by atoms with E-state index >= 15 is 0 Å². The second-order valence-corrected chi connectivity index (χ2v) is 2.98. The Morgan fingerprint density at radius 2 is 1.70 bits per heavy atom. The second-order valence-electron chi connectivity index (χ2n) is 1.89. The van der Waals surface area contributed by atoms with E-state index in [4.69, 9.17) is 10.7 Å². The van der Waals surface area contributed by atoms with E-state index in [1.807, 2.05) is 24.3 Å². The van der Waals surface area contributed by atoms with E-state index < -0.39 is 0 Å². The topological polar surface area (TPSA) is 0 Å². The minimum absolute atomic E-state index is 0. The van der Waals surface area contributed by atoms with E-state index in [0.717, 1.165) is 4.90 Å². The molecule has 0 heterocycles. The highest BCUT2D eigenvalue weighted by atomic mass is 35.7. The quantitative estimate of drug-likeness (QED) is 0.623. The van der Waals surface area contributed by atoms with Gasteiger partial charge in [0.05, 0.1) is 0 Å². The predicted octanol–water partition coefficient (Wildman–Crippen LogP) is 3.88. The highest BCUT2D eigenvalue weighted by molar-refractivity contribution is 8.21. The second kappa shape index (κ2) is 4.64. The average molecular weight is 175 g/mol. The van der Waals surface area contributed by atoms with Crippen LogP contribution in [0.4, 0.5) is 0 Å². The first-order valence-corrected chi connectivity index (χ1v) is 4.32. The van der Waals surface area contributed by atoms with Crippen molar-refractivity contribution >= 4 is 21.7 Å². The fourth-order valence-electron chi connectivity index (χ4n) is 0.590. The fraction of sp³-hybridized carbons (Fsp3) is 0.250. The molecule has 0 radical (unpaired) electrons. The highest BCUT2D eigenvalue weighted by Gasteiger charge is 1.87. The number of halogens is 1. The molecule has 0 bridgehead atoms. The minimum atomic E-state index is 0. The number of rotatable bonds is 1. The summed E-state index contributed by atoms with van der Waals surface area (Å²) in [6, 6.07) is 8.11. The molecule has 1 aromatic carbocycles. The van der Waals surface area contributed by atoms with Crippen LogP contribution in [-0.2, 0) is 0 Å². The molecule has 0 atom stereocenters. The maximum Gasteiger partial charge on any atom is 0.0233 e. The smallest absolute Gasteiger partial charge is 0.0233 e. The highest BCUT2D eigenvalue weighted by Crippen LogP contribution is 2.21. The summed E-state index contributed by atoms with van der Waals surface area (Å²) in [6.45, 7) is 2.06. The van der Waals surface area contributed by atoms with Crippen LogP contribution in [0.15, 0.2) is 29.2 Å². The Morgan fingerprint density at radius 1 is 1.20 bits per heavy atom. The molecule has 0 saturated carbocycles. The summed E-state index contributed by atoms with van der Waals surface area (Å²) in [5, 5.41) is 0. The van der Waals surface area contributed by atoms with Gasteiger partial charge in [0, 0.05) is 4.90 Å². The number of hydrogen-bond acceptors (Lipinski definition) is 1. The van der Waals surface area contributed by atoms with E-state index in [2.05, 4.69) is 6.92 Å². The van der Waals surface area contributed by atoms with Crippen LogP contribution in [0.3, 0.4) is 0 Å². The fourth-order valence-corrected chi connectivity index (χ4v) is 1.14. The molecule has 0 aliphatic carbocycles. The molecule has 10 heavy (non-hydrogen) atoms. The molecule has 0 aromatic heterocycles. The first kappa shape index (κ1) is 9.86. The van der Waals surface area contributed by atoms with E-state index in [0.29, 0.717) is 0 Å². The molecule has 0 fully saturated rings. The van der Waals surface area contributed by atoms with Crippen LogP contribution in [0, 0.1) is 6.92 Å². The first-order chi connectivity index (χ1) is 4.33. The Kier molecular flexibility index (Phi) is 4.58. The zero-order chi connectivity index (χ0) is 6.69. The van der Waals surface area contributed by atoms with E-state index in [9.17, 15) is 0 Å². The molecule has 1 aromatic rings. The largest absolute Gasteiger partial charge is 0.0776 e. The van der Waals surface area contributed by atoms with Crippen molar-refractivity contribution in [2.75, 3.05) is 0 Å². The minimum Gasteiger partial charge on any atom is -0.0776 e. The Hall–Kier alpha value is -0.140. The van der Waals surface area contributed by atoms with Crippen molar-refractivity contribution in [3.63, 3.8) is 0 Å². The van der Waals surface area contributed by atoms with Crippen LogP contribution in [0.25, 0.3) is 0 Å². The maximum absolute atomic E-state index is 5.50. The van der Waals surface area contributed by atoms with Crippen molar-refractivity contribution < 1.29 is 0 Å². The van der Waals surface area contributed by atoms with Gasteiger partial charge in [-0.2, -0.15) is 0 Å². The summed E-state index contributed by atoms with van der Waals surface area (Å²) in [5.41, 5.74) is 1.27. The molecule has 0 unspecified atom stereocenters. The Bertz CT molecular complexity index is 181. The summed E-state index contributed by atoms with van der Waals surface area (Å²) in [4.78, 5) is 1.10. The molecule has 0 spiro atoms. The van der Waals surface area contributed by atoms with Crippen LogP contribution in [0.5, 0.6) is 0 Å². The van der Waals surface area contributed by atoms with Crippen molar-refractivity contribution in [3.05, 3.63) is 29.8 Å². The van der Waals surface area contributed by atoms with Crippen molar-refractivity contribution in [1.82, 2.24) is 0 Å². The summed E-state index contributed by atoms with van der Waals surface area (Å²) in [6.07, 6.45) is 0. The van der Waals surface area contributed by atoms with Gasteiger partial charge in [0.25, 0.3) is 0 Å². The van der Waals surface area contributed by atoms with Crippen molar-refractivity contribution in [1.29, 1.82) is 0 Å². The van der Waals surface area contributed by atoms with E-state index in [-0.39, 0.29) is 7.43 Å². The summed E-state index contributed by atoms with van der Waals surface area (Å²) >= 11 is 0. The lowest BCUT2D eigenvalue weighted by Gasteiger charge is -1.92. The molecule has 0 N–H and O–H groups in total. The third-order valence-corrected chi connectivity index (χ3v) is 2.09. The molecule has 1 rings (SSSR count). The standard InChI is InChI=1S/C7H7ClS.CH4/c1-6-2-4-7(9-8)5-3-6;/h2-5H,1H3;1H4. The molecule has 56 valence electrons. The summed E-state index contributed by atoms with van der Waals surface area (Å²) in [7, 11) is 6.75. The molecular weight excluding hydrogens is 164 g/mol. The lowest BCUT2D eigenvalue weighted by molar-refractivity contribution is 1.38. The SMILES string of the molecule is C.Cc1ccc(SCl)cc1. The van der Waals surface area contributed by atoms with Crippen LogP contribution < -0.4 is 0 Å². The maximum atomic E-state index is 5.50. The third kappa shape index (κ3) is 2.63. The lowest BCUT2D eigenvalue weighted by atomic mass is 10.2. The lowest BCUT2D eigenvalue weighted by Crippen LogP contribution is -1.68. The van der Waals surface area contributed by atoms with Crippen LogP contribution >= 0.6 is 21.7 Å². The van der Waals surface area contributed by atoms with Gasteiger partial charge in [0.2, 0.25) is 0 Å². The van der Waals surface area contributed by atoms with Gasteiger partial charge in [-0.25, -0.2) is 0 Å². The molecule has 0 saturated heterocycles. The van der Waals surface area contributed by atoms with Gasteiger partial charge in [-0.15, -0.1) is 0 Å².